The van der Waals surface area contributed by atoms with E-state index in [2.05, 4.69) is 15.3 Å². The number of hydrogen-bond donors (Lipinski definition) is 1. The molecule has 0 aliphatic heterocycles. The van der Waals surface area contributed by atoms with E-state index in [1.54, 1.807) is 30.6 Å². The van der Waals surface area contributed by atoms with Gasteiger partial charge in [-0.15, -0.1) is 0 Å². The summed E-state index contributed by atoms with van der Waals surface area (Å²) >= 11 is 0. The van der Waals surface area contributed by atoms with Crippen LogP contribution in [0.4, 0.5) is 5.69 Å². The van der Waals surface area contributed by atoms with Crippen molar-refractivity contribution in [3.63, 3.8) is 0 Å². The molecule has 0 aliphatic rings. The molecule has 3 heterocycles. The highest BCUT2D eigenvalue weighted by Gasteiger charge is 2.23. The molecule has 0 unspecified atom stereocenters. The van der Waals surface area contributed by atoms with Crippen molar-refractivity contribution < 1.29 is 14.3 Å². The number of pyridine rings is 2. The molecular formula is C18H18N4O3. The van der Waals surface area contributed by atoms with Gasteiger partial charge in [-0.05, 0) is 32.0 Å². The number of hydrogen-bond acceptors (Lipinski definition) is 5. The Morgan fingerprint density at radius 2 is 2.00 bits per heavy atom. The molecule has 0 spiro atoms. The highest BCUT2D eigenvalue weighted by atomic mass is 16.5. The molecule has 3 rings (SSSR count). The Hall–Kier alpha value is -3.22. The second-order valence-corrected chi connectivity index (χ2v) is 5.79. The van der Waals surface area contributed by atoms with Crippen molar-refractivity contribution in [3.8, 4) is 5.88 Å². The minimum absolute atomic E-state index is 0.141. The molecule has 1 amide bonds. The lowest BCUT2D eigenvalue weighted by molar-refractivity contribution is -0.112. The van der Waals surface area contributed by atoms with E-state index in [4.69, 9.17) is 4.74 Å². The molecule has 0 radical (unpaired) electrons. The lowest BCUT2D eigenvalue weighted by atomic mass is 10.1. The van der Waals surface area contributed by atoms with Crippen LogP contribution < -0.4 is 10.1 Å². The first-order chi connectivity index (χ1) is 12.0. The van der Waals surface area contributed by atoms with Gasteiger partial charge in [-0.2, -0.15) is 0 Å². The zero-order chi connectivity index (χ0) is 18.0. The number of anilines is 1. The third-order valence-corrected chi connectivity index (χ3v) is 3.80. The van der Waals surface area contributed by atoms with E-state index in [-0.39, 0.29) is 11.6 Å². The fourth-order valence-corrected chi connectivity index (χ4v) is 2.56. The summed E-state index contributed by atoms with van der Waals surface area (Å²) in [5.41, 5.74) is 2.03. The summed E-state index contributed by atoms with van der Waals surface area (Å²) in [5, 5.41) is 2.55. The lowest BCUT2D eigenvalue weighted by Crippen LogP contribution is -2.23. The Morgan fingerprint density at radius 1 is 1.20 bits per heavy atom. The summed E-state index contributed by atoms with van der Waals surface area (Å²) in [4.78, 5) is 33.2. The first-order valence-electron chi connectivity index (χ1n) is 7.82. The van der Waals surface area contributed by atoms with Crippen molar-refractivity contribution >= 4 is 28.4 Å². The van der Waals surface area contributed by atoms with Crippen LogP contribution in [0, 0.1) is 0 Å². The summed E-state index contributed by atoms with van der Waals surface area (Å²) in [7, 11) is 1.50. The molecule has 0 bridgehead atoms. The van der Waals surface area contributed by atoms with Gasteiger partial charge in [0.15, 0.2) is 0 Å². The Labute approximate surface area is 144 Å². The molecule has 0 fully saturated rings. The molecule has 0 aliphatic carbocycles. The van der Waals surface area contributed by atoms with Gasteiger partial charge in [-0.25, -0.2) is 4.98 Å². The normalized spacial score (nSPS) is 10.9. The van der Waals surface area contributed by atoms with Gasteiger partial charge in [0, 0.05) is 24.5 Å². The number of ketones is 1. The summed E-state index contributed by atoms with van der Waals surface area (Å²) in [6.45, 7) is 4.01. The average molecular weight is 338 g/mol. The second kappa shape index (κ2) is 6.72. The van der Waals surface area contributed by atoms with Crippen LogP contribution in [0.3, 0.4) is 0 Å². The van der Waals surface area contributed by atoms with Crippen molar-refractivity contribution in [1.29, 1.82) is 0 Å². The van der Waals surface area contributed by atoms with E-state index >= 15 is 0 Å². The fraction of sp³-hybridized carbons (Fsp3) is 0.222. The average Bonchev–Trinajstić information content (AvgIpc) is 3.01. The molecule has 0 atom stereocenters. The third kappa shape index (κ3) is 3.21. The summed E-state index contributed by atoms with van der Waals surface area (Å²) in [5.74, 6) is -0.951. The molecule has 7 heteroatoms. The van der Waals surface area contributed by atoms with Gasteiger partial charge < -0.3 is 14.6 Å². The highest BCUT2D eigenvalue weighted by Crippen LogP contribution is 2.23. The van der Waals surface area contributed by atoms with Gasteiger partial charge >= 0.3 is 0 Å². The van der Waals surface area contributed by atoms with Gasteiger partial charge in [0.25, 0.3) is 11.7 Å². The number of carbonyl (C=O) groups excluding carboxylic acids is 2. The number of fused-ring (bicyclic) bond motifs is 1. The van der Waals surface area contributed by atoms with Crippen LogP contribution in [-0.4, -0.2) is 33.3 Å². The number of rotatable bonds is 5. The monoisotopic (exact) mass is 338 g/mol. The maximum Gasteiger partial charge on any atom is 0.296 e. The number of Topliss-reactive ketones (excluding diaryl/α,β-unsaturated/α-hetero) is 1. The van der Waals surface area contributed by atoms with Crippen LogP contribution in [0.1, 0.15) is 30.2 Å². The van der Waals surface area contributed by atoms with Crippen LogP contribution in [0.15, 0.2) is 42.9 Å². The molecule has 128 valence electrons. The highest BCUT2D eigenvalue weighted by molar-refractivity contribution is 6.48. The predicted octanol–water partition coefficient (Wildman–Crippen LogP) is 2.84. The largest absolute Gasteiger partial charge is 0.481 e. The Morgan fingerprint density at radius 3 is 2.64 bits per heavy atom. The number of ether oxygens (including phenoxy) is 1. The third-order valence-electron chi connectivity index (χ3n) is 3.80. The minimum Gasteiger partial charge on any atom is -0.481 e. The Bertz CT molecular complexity index is 929. The summed E-state index contributed by atoms with van der Waals surface area (Å²) in [6, 6.07) is 7.05. The fourth-order valence-electron chi connectivity index (χ4n) is 2.56. The smallest absolute Gasteiger partial charge is 0.296 e. The quantitative estimate of drug-likeness (QED) is 0.571. The molecule has 1 N–H and O–H groups in total. The number of aromatic nitrogens is 3. The summed E-state index contributed by atoms with van der Waals surface area (Å²) < 4.78 is 6.89. The molecule has 0 saturated heterocycles. The van der Waals surface area contributed by atoms with Crippen LogP contribution in [0.5, 0.6) is 5.88 Å². The zero-order valence-electron chi connectivity index (χ0n) is 14.2. The van der Waals surface area contributed by atoms with Crippen molar-refractivity contribution in [2.24, 2.45) is 0 Å². The molecule has 3 aromatic heterocycles. The number of nitrogens with zero attached hydrogens (tertiary/aromatic N) is 3. The van der Waals surface area contributed by atoms with Crippen LogP contribution >= 0.6 is 0 Å². The van der Waals surface area contributed by atoms with Crippen LogP contribution in [0.25, 0.3) is 11.0 Å². The van der Waals surface area contributed by atoms with E-state index < -0.39 is 11.7 Å². The van der Waals surface area contributed by atoms with Crippen molar-refractivity contribution in [3.05, 3.63) is 48.4 Å². The number of methoxy groups -OCH3 is 1. The van der Waals surface area contributed by atoms with Crippen molar-refractivity contribution in [1.82, 2.24) is 14.5 Å². The number of nitrogens with one attached hydrogen (secondary N) is 1. The predicted molar refractivity (Wildman–Crippen MR) is 93.9 cm³/mol. The van der Waals surface area contributed by atoms with E-state index in [0.29, 0.717) is 17.1 Å². The molecule has 7 nitrogen and oxygen atoms in total. The number of carbonyl (C=O) groups is 2. The molecule has 25 heavy (non-hydrogen) atoms. The van der Waals surface area contributed by atoms with Gasteiger partial charge in [-0.3, -0.25) is 14.6 Å². The van der Waals surface area contributed by atoms with Crippen molar-refractivity contribution in [2.45, 2.75) is 19.9 Å². The van der Waals surface area contributed by atoms with Crippen LogP contribution in [0.2, 0.25) is 0 Å². The van der Waals surface area contributed by atoms with E-state index in [1.165, 1.54) is 13.3 Å². The Kier molecular flexibility index (Phi) is 4.47. The first kappa shape index (κ1) is 16.6. The summed E-state index contributed by atoms with van der Waals surface area (Å²) in [6.07, 6.45) is 4.71. The topological polar surface area (TPSA) is 86.1 Å². The molecule has 0 saturated carbocycles. The van der Waals surface area contributed by atoms with Crippen LogP contribution in [-0.2, 0) is 4.79 Å². The standard InChI is InChI=1S/C18H18N4O3/c1-11(2)22-10-13(16-14(22)5-4-8-19-16)17(23)18(24)21-12-6-7-15(25-3)20-9-12/h4-11H,1-3H3,(H,21,24). The van der Waals surface area contributed by atoms with Gasteiger partial charge in [0.05, 0.1) is 35.6 Å². The maximum absolute atomic E-state index is 12.6. The maximum atomic E-state index is 12.6. The van der Waals surface area contributed by atoms with Gasteiger partial charge in [0.1, 0.15) is 0 Å². The lowest BCUT2D eigenvalue weighted by Gasteiger charge is -2.07. The van der Waals surface area contributed by atoms with E-state index in [1.807, 2.05) is 24.5 Å². The van der Waals surface area contributed by atoms with Gasteiger partial charge in [-0.1, -0.05) is 0 Å². The minimum atomic E-state index is -0.736. The SMILES string of the molecule is COc1ccc(NC(=O)C(=O)c2cn(C(C)C)c3cccnc23)cn1. The van der Waals surface area contributed by atoms with E-state index in [9.17, 15) is 9.59 Å². The molecule has 3 aromatic rings. The van der Waals surface area contributed by atoms with Crippen molar-refractivity contribution in [2.75, 3.05) is 12.4 Å². The van der Waals surface area contributed by atoms with Gasteiger partial charge in [0.2, 0.25) is 5.88 Å². The molecule has 0 aromatic carbocycles. The van der Waals surface area contributed by atoms with E-state index in [0.717, 1.165) is 5.52 Å². The first-order valence-corrected chi connectivity index (χ1v) is 7.82. The second-order valence-electron chi connectivity index (χ2n) is 5.79. The molecular weight excluding hydrogens is 320 g/mol. The Balaban J connectivity index is 1.89. The zero-order valence-corrected chi connectivity index (χ0v) is 14.2. The number of amides is 1.